The number of ether oxygens (including phenoxy) is 1. The number of hydrogen-bond donors (Lipinski definition) is 1. The average molecular weight is 219 g/mol. The van der Waals surface area contributed by atoms with E-state index < -0.39 is 0 Å². The molecule has 0 aliphatic rings. The Bertz CT molecular complexity index is 488. The van der Waals surface area contributed by atoms with Crippen LogP contribution in [0.25, 0.3) is 10.9 Å². The first kappa shape index (κ1) is 11.0. The van der Waals surface area contributed by atoms with Crippen LogP contribution in [0.15, 0.2) is 24.3 Å². The fraction of sp³-hybridized carbons (Fsp3) is 0.385. The second-order valence-corrected chi connectivity index (χ2v) is 3.73. The van der Waals surface area contributed by atoms with Crippen LogP contribution in [0.5, 0.6) is 5.75 Å². The first-order valence-electron chi connectivity index (χ1n) is 5.65. The smallest absolute Gasteiger partial charge is 0.139 e. The molecule has 16 heavy (non-hydrogen) atoms. The van der Waals surface area contributed by atoms with Crippen molar-refractivity contribution in [3.63, 3.8) is 0 Å². The number of phenolic OH excluding ortho intramolecular Hbond substituents is 1. The predicted molar refractivity (Wildman–Crippen MR) is 64.6 cm³/mol. The second kappa shape index (κ2) is 4.58. The van der Waals surface area contributed by atoms with E-state index >= 15 is 0 Å². The Kier molecular flexibility index (Phi) is 3.15. The van der Waals surface area contributed by atoms with E-state index in [1.54, 1.807) is 6.07 Å². The number of rotatable bonds is 4. The van der Waals surface area contributed by atoms with E-state index in [1.807, 2.05) is 19.1 Å². The predicted octanol–water partition coefficient (Wildman–Crippen LogP) is 2.90. The van der Waals surface area contributed by atoms with Gasteiger partial charge in [-0.1, -0.05) is 12.1 Å². The molecular weight excluding hydrogens is 202 g/mol. The summed E-state index contributed by atoms with van der Waals surface area (Å²) in [5, 5.41) is 10.9. The minimum Gasteiger partial charge on any atom is -0.506 e. The third-order valence-electron chi connectivity index (χ3n) is 2.75. The Morgan fingerprint density at radius 3 is 2.81 bits per heavy atom. The van der Waals surface area contributed by atoms with Crippen molar-refractivity contribution in [3.05, 3.63) is 30.0 Å². The van der Waals surface area contributed by atoms with Crippen molar-refractivity contribution in [1.29, 1.82) is 0 Å². The van der Waals surface area contributed by atoms with Crippen LogP contribution < -0.4 is 0 Å². The zero-order chi connectivity index (χ0) is 11.5. The molecule has 0 saturated heterocycles. The van der Waals surface area contributed by atoms with Gasteiger partial charge in [0.05, 0.1) is 12.1 Å². The summed E-state index contributed by atoms with van der Waals surface area (Å²) < 4.78 is 7.53. The van der Waals surface area contributed by atoms with Gasteiger partial charge in [-0.15, -0.1) is 0 Å². The Morgan fingerprint density at radius 2 is 2.12 bits per heavy atom. The first-order valence-corrected chi connectivity index (χ1v) is 5.65. The van der Waals surface area contributed by atoms with Crippen molar-refractivity contribution in [2.45, 2.75) is 27.0 Å². The molecule has 2 aromatic rings. The lowest BCUT2D eigenvalue weighted by Gasteiger charge is -2.08. The number of para-hydroxylation sites is 1. The van der Waals surface area contributed by atoms with E-state index in [0.717, 1.165) is 23.1 Å². The summed E-state index contributed by atoms with van der Waals surface area (Å²) in [5.74, 6) is 0.335. The molecule has 3 heteroatoms. The topological polar surface area (TPSA) is 34.4 Å². The van der Waals surface area contributed by atoms with Crippen molar-refractivity contribution >= 4 is 10.9 Å². The van der Waals surface area contributed by atoms with Crippen LogP contribution in [0.4, 0.5) is 0 Å². The summed E-state index contributed by atoms with van der Waals surface area (Å²) in [6, 6.07) is 7.67. The molecule has 1 heterocycles. The third-order valence-corrected chi connectivity index (χ3v) is 2.75. The Balaban J connectivity index is 2.53. The van der Waals surface area contributed by atoms with Crippen LogP contribution in [-0.2, 0) is 17.9 Å². The van der Waals surface area contributed by atoms with Crippen LogP contribution in [0, 0.1) is 0 Å². The van der Waals surface area contributed by atoms with Gasteiger partial charge in [0.2, 0.25) is 0 Å². The molecule has 3 nitrogen and oxygen atoms in total. The lowest BCUT2D eigenvalue weighted by atomic mass is 10.2. The Hall–Kier alpha value is -1.48. The largest absolute Gasteiger partial charge is 0.506 e. The number of fused-ring (bicyclic) bond motifs is 1. The molecule has 1 aromatic carbocycles. The van der Waals surface area contributed by atoms with Gasteiger partial charge in [0.25, 0.3) is 0 Å². The molecule has 0 aliphatic carbocycles. The number of nitrogens with zero attached hydrogens (tertiary/aromatic N) is 1. The molecule has 0 saturated carbocycles. The SMILES string of the molecule is CCOCc1cc2cccc(O)c2n1CC. The van der Waals surface area contributed by atoms with Crippen molar-refractivity contribution in [2.24, 2.45) is 0 Å². The normalized spacial score (nSPS) is 11.1. The lowest BCUT2D eigenvalue weighted by Crippen LogP contribution is -2.02. The van der Waals surface area contributed by atoms with E-state index in [2.05, 4.69) is 17.6 Å². The number of aromatic nitrogens is 1. The van der Waals surface area contributed by atoms with Crippen molar-refractivity contribution in [1.82, 2.24) is 4.57 Å². The molecule has 1 aromatic heterocycles. The summed E-state index contributed by atoms with van der Waals surface area (Å²) in [6.07, 6.45) is 0. The molecule has 0 unspecified atom stereocenters. The molecule has 0 radical (unpaired) electrons. The highest BCUT2D eigenvalue weighted by molar-refractivity contribution is 5.86. The maximum Gasteiger partial charge on any atom is 0.139 e. The quantitative estimate of drug-likeness (QED) is 0.858. The standard InChI is InChI=1S/C13H17NO2/c1-3-14-11(9-16-4-2)8-10-6-5-7-12(15)13(10)14/h5-8,15H,3-4,9H2,1-2H3. The van der Waals surface area contributed by atoms with Gasteiger partial charge in [-0.05, 0) is 26.0 Å². The van der Waals surface area contributed by atoms with Crippen LogP contribution in [0.2, 0.25) is 0 Å². The minimum atomic E-state index is 0.335. The lowest BCUT2D eigenvalue weighted by molar-refractivity contribution is 0.129. The number of aryl methyl sites for hydroxylation is 1. The average Bonchev–Trinajstić information content (AvgIpc) is 2.65. The van der Waals surface area contributed by atoms with Gasteiger partial charge in [0, 0.05) is 24.2 Å². The van der Waals surface area contributed by atoms with Gasteiger partial charge >= 0.3 is 0 Å². The first-order chi connectivity index (χ1) is 7.77. The van der Waals surface area contributed by atoms with Gasteiger partial charge in [-0.3, -0.25) is 0 Å². The fourth-order valence-electron chi connectivity index (χ4n) is 2.05. The molecule has 2 rings (SSSR count). The van der Waals surface area contributed by atoms with E-state index in [-0.39, 0.29) is 0 Å². The van der Waals surface area contributed by atoms with Crippen LogP contribution in [-0.4, -0.2) is 16.3 Å². The third kappa shape index (κ3) is 1.78. The van der Waals surface area contributed by atoms with Gasteiger partial charge in [0.15, 0.2) is 0 Å². The van der Waals surface area contributed by atoms with E-state index in [4.69, 9.17) is 4.74 Å². The highest BCUT2D eigenvalue weighted by Crippen LogP contribution is 2.28. The van der Waals surface area contributed by atoms with E-state index in [1.165, 1.54) is 0 Å². The van der Waals surface area contributed by atoms with Crippen LogP contribution in [0.3, 0.4) is 0 Å². The molecule has 0 aliphatic heterocycles. The zero-order valence-electron chi connectivity index (χ0n) is 9.73. The van der Waals surface area contributed by atoms with Crippen LogP contribution >= 0.6 is 0 Å². The highest BCUT2D eigenvalue weighted by Gasteiger charge is 2.10. The monoisotopic (exact) mass is 219 g/mol. The highest BCUT2D eigenvalue weighted by atomic mass is 16.5. The second-order valence-electron chi connectivity index (χ2n) is 3.73. The summed E-state index contributed by atoms with van der Waals surface area (Å²) >= 11 is 0. The fourth-order valence-corrected chi connectivity index (χ4v) is 2.05. The molecule has 0 spiro atoms. The molecular formula is C13H17NO2. The van der Waals surface area contributed by atoms with Gasteiger partial charge in [-0.2, -0.15) is 0 Å². The summed E-state index contributed by atoms with van der Waals surface area (Å²) in [4.78, 5) is 0. The molecule has 1 N–H and O–H groups in total. The summed E-state index contributed by atoms with van der Waals surface area (Å²) in [5.41, 5.74) is 2.01. The summed E-state index contributed by atoms with van der Waals surface area (Å²) in [7, 11) is 0. The number of phenols is 1. The Morgan fingerprint density at radius 1 is 1.31 bits per heavy atom. The number of benzene rings is 1. The van der Waals surface area contributed by atoms with Gasteiger partial charge in [0.1, 0.15) is 5.75 Å². The molecule has 86 valence electrons. The molecule has 0 atom stereocenters. The summed E-state index contributed by atoms with van der Waals surface area (Å²) in [6.45, 7) is 6.19. The zero-order valence-corrected chi connectivity index (χ0v) is 9.73. The van der Waals surface area contributed by atoms with Crippen molar-refractivity contribution in [3.8, 4) is 5.75 Å². The number of hydrogen-bond acceptors (Lipinski definition) is 2. The van der Waals surface area contributed by atoms with Crippen LogP contribution in [0.1, 0.15) is 19.5 Å². The van der Waals surface area contributed by atoms with Gasteiger partial charge in [-0.25, -0.2) is 0 Å². The maximum absolute atomic E-state index is 9.86. The molecule has 0 amide bonds. The maximum atomic E-state index is 9.86. The van der Waals surface area contributed by atoms with Gasteiger partial charge < -0.3 is 14.4 Å². The number of aromatic hydroxyl groups is 1. The molecule has 0 bridgehead atoms. The van der Waals surface area contributed by atoms with E-state index in [0.29, 0.717) is 19.0 Å². The minimum absolute atomic E-state index is 0.335. The van der Waals surface area contributed by atoms with E-state index in [9.17, 15) is 5.11 Å². The van der Waals surface area contributed by atoms with Crippen molar-refractivity contribution < 1.29 is 9.84 Å². The molecule has 0 fully saturated rings. The Labute approximate surface area is 95.3 Å². The van der Waals surface area contributed by atoms with Crippen molar-refractivity contribution in [2.75, 3.05) is 6.61 Å².